The van der Waals surface area contributed by atoms with Crippen molar-refractivity contribution in [1.29, 1.82) is 0 Å². The van der Waals surface area contributed by atoms with Crippen LogP contribution < -0.4 is 5.56 Å². The Balaban J connectivity index is 2.00. The molecule has 1 aromatic carbocycles. The minimum absolute atomic E-state index is 0.0367. The van der Waals surface area contributed by atoms with Crippen LogP contribution in [0.2, 0.25) is 0 Å². The number of morpholine rings is 1. The van der Waals surface area contributed by atoms with Crippen molar-refractivity contribution in [2.75, 3.05) is 26.3 Å². The van der Waals surface area contributed by atoms with Crippen LogP contribution >= 0.6 is 0 Å². The van der Waals surface area contributed by atoms with Crippen LogP contribution in [-0.4, -0.2) is 40.8 Å². The minimum Gasteiger partial charge on any atom is -0.379 e. The standard InChI is InChI=1S/C14H17N3O2/c1-11-15-13-5-3-2-4-12(13)14(18)17(11)10-16-6-8-19-9-7-16/h2-5H,6-10H2,1H3. The number of fused-ring (bicyclic) bond motifs is 1. The molecule has 1 aliphatic heterocycles. The van der Waals surface area contributed by atoms with Crippen LogP contribution in [0.25, 0.3) is 10.9 Å². The molecule has 0 bridgehead atoms. The van der Waals surface area contributed by atoms with Crippen molar-refractivity contribution < 1.29 is 4.74 Å². The highest BCUT2D eigenvalue weighted by molar-refractivity contribution is 5.77. The summed E-state index contributed by atoms with van der Waals surface area (Å²) >= 11 is 0. The number of nitrogens with zero attached hydrogens (tertiary/aromatic N) is 3. The number of para-hydroxylation sites is 1. The van der Waals surface area contributed by atoms with Gasteiger partial charge >= 0.3 is 0 Å². The lowest BCUT2D eigenvalue weighted by molar-refractivity contribution is 0.0224. The van der Waals surface area contributed by atoms with E-state index in [0.29, 0.717) is 12.1 Å². The van der Waals surface area contributed by atoms with Crippen LogP contribution in [0.4, 0.5) is 0 Å². The van der Waals surface area contributed by atoms with Crippen molar-refractivity contribution in [2.45, 2.75) is 13.6 Å². The number of aryl methyl sites for hydroxylation is 1. The minimum atomic E-state index is 0.0367. The van der Waals surface area contributed by atoms with E-state index in [2.05, 4.69) is 9.88 Å². The van der Waals surface area contributed by atoms with Gasteiger partial charge in [-0.25, -0.2) is 4.98 Å². The lowest BCUT2D eigenvalue weighted by Gasteiger charge is -2.27. The average Bonchev–Trinajstić information content (AvgIpc) is 2.45. The van der Waals surface area contributed by atoms with Gasteiger partial charge in [-0.2, -0.15) is 0 Å². The van der Waals surface area contributed by atoms with E-state index in [-0.39, 0.29) is 5.56 Å². The maximum Gasteiger partial charge on any atom is 0.262 e. The molecular formula is C14H17N3O2. The zero-order valence-corrected chi connectivity index (χ0v) is 11.0. The molecule has 5 heteroatoms. The number of aromatic nitrogens is 2. The molecule has 2 aromatic rings. The first-order valence-electron chi connectivity index (χ1n) is 6.52. The predicted octanol–water partition coefficient (Wildman–Crippen LogP) is 0.995. The summed E-state index contributed by atoms with van der Waals surface area (Å²) in [5.41, 5.74) is 0.804. The molecule has 1 saturated heterocycles. The van der Waals surface area contributed by atoms with Crippen LogP contribution in [0.3, 0.4) is 0 Å². The maximum atomic E-state index is 12.5. The Morgan fingerprint density at radius 2 is 2.00 bits per heavy atom. The first kappa shape index (κ1) is 12.3. The summed E-state index contributed by atoms with van der Waals surface area (Å²) in [5.74, 6) is 0.759. The molecule has 2 heterocycles. The van der Waals surface area contributed by atoms with Gasteiger partial charge in [-0.05, 0) is 19.1 Å². The number of hydrogen-bond donors (Lipinski definition) is 0. The number of rotatable bonds is 2. The predicted molar refractivity (Wildman–Crippen MR) is 73.1 cm³/mol. The Morgan fingerprint density at radius 1 is 1.26 bits per heavy atom. The Bertz CT molecular complexity index is 645. The van der Waals surface area contributed by atoms with Gasteiger partial charge in [0.05, 0.1) is 30.8 Å². The average molecular weight is 259 g/mol. The third kappa shape index (κ3) is 2.39. The summed E-state index contributed by atoms with van der Waals surface area (Å²) in [4.78, 5) is 19.2. The highest BCUT2D eigenvalue weighted by Gasteiger charge is 2.14. The SMILES string of the molecule is Cc1nc2ccccc2c(=O)n1CN1CCOCC1. The molecule has 19 heavy (non-hydrogen) atoms. The Kier molecular flexibility index (Phi) is 3.31. The van der Waals surface area contributed by atoms with Gasteiger partial charge < -0.3 is 4.74 Å². The largest absolute Gasteiger partial charge is 0.379 e. The van der Waals surface area contributed by atoms with Crippen LogP contribution in [-0.2, 0) is 11.4 Å². The zero-order chi connectivity index (χ0) is 13.2. The lowest BCUT2D eigenvalue weighted by atomic mass is 10.2. The monoisotopic (exact) mass is 259 g/mol. The zero-order valence-electron chi connectivity index (χ0n) is 11.0. The van der Waals surface area contributed by atoms with Crippen molar-refractivity contribution >= 4 is 10.9 Å². The maximum absolute atomic E-state index is 12.5. The Labute approximate surface area is 111 Å². The lowest BCUT2D eigenvalue weighted by Crippen LogP contribution is -2.40. The first-order chi connectivity index (χ1) is 9.25. The smallest absolute Gasteiger partial charge is 0.262 e. The fraction of sp³-hybridized carbons (Fsp3) is 0.429. The van der Waals surface area contributed by atoms with Crippen LogP contribution in [0.15, 0.2) is 29.1 Å². The normalized spacial score (nSPS) is 16.9. The molecule has 5 nitrogen and oxygen atoms in total. The fourth-order valence-electron chi connectivity index (χ4n) is 2.39. The van der Waals surface area contributed by atoms with E-state index in [9.17, 15) is 4.79 Å². The highest BCUT2D eigenvalue weighted by Crippen LogP contribution is 2.08. The second-order valence-corrected chi connectivity index (χ2v) is 4.78. The highest BCUT2D eigenvalue weighted by atomic mass is 16.5. The molecule has 0 saturated carbocycles. The molecule has 0 spiro atoms. The van der Waals surface area contributed by atoms with E-state index in [4.69, 9.17) is 4.74 Å². The van der Waals surface area contributed by atoms with E-state index >= 15 is 0 Å². The molecule has 3 rings (SSSR count). The molecule has 0 unspecified atom stereocenters. The van der Waals surface area contributed by atoms with Crippen molar-refractivity contribution in [3.05, 3.63) is 40.4 Å². The number of hydrogen-bond acceptors (Lipinski definition) is 4. The summed E-state index contributed by atoms with van der Waals surface area (Å²) in [6.45, 7) is 5.65. The molecular weight excluding hydrogens is 242 g/mol. The first-order valence-corrected chi connectivity index (χ1v) is 6.52. The Morgan fingerprint density at radius 3 is 2.79 bits per heavy atom. The number of ether oxygens (including phenoxy) is 1. The van der Waals surface area contributed by atoms with Gasteiger partial charge in [-0.3, -0.25) is 14.3 Å². The molecule has 1 fully saturated rings. The summed E-state index contributed by atoms with van der Waals surface area (Å²) < 4.78 is 7.07. The molecule has 1 aliphatic rings. The second kappa shape index (κ2) is 5.11. The quantitative estimate of drug-likeness (QED) is 0.807. The van der Waals surface area contributed by atoms with Crippen LogP contribution in [0, 0.1) is 6.92 Å². The van der Waals surface area contributed by atoms with Crippen molar-refractivity contribution in [2.24, 2.45) is 0 Å². The van der Waals surface area contributed by atoms with Crippen molar-refractivity contribution in [1.82, 2.24) is 14.5 Å². The van der Waals surface area contributed by atoms with Crippen molar-refractivity contribution in [3.63, 3.8) is 0 Å². The summed E-state index contributed by atoms with van der Waals surface area (Å²) in [6.07, 6.45) is 0. The molecule has 0 N–H and O–H groups in total. The van der Waals surface area contributed by atoms with Gasteiger partial charge in [0.25, 0.3) is 5.56 Å². The summed E-state index contributed by atoms with van der Waals surface area (Å²) in [5, 5.41) is 0.682. The molecule has 0 amide bonds. The van der Waals surface area contributed by atoms with Gasteiger partial charge in [0, 0.05) is 13.1 Å². The van der Waals surface area contributed by atoms with Crippen LogP contribution in [0.5, 0.6) is 0 Å². The summed E-state index contributed by atoms with van der Waals surface area (Å²) in [6, 6.07) is 7.49. The number of benzene rings is 1. The molecule has 100 valence electrons. The van der Waals surface area contributed by atoms with Gasteiger partial charge in [0.2, 0.25) is 0 Å². The molecule has 0 atom stereocenters. The van der Waals surface area contributed by atoms with E-state index in [1.165, 1.54) is 0 Å². The third-order valence-corrected chi connectivity index (χ3v) is 3.50. The third-order valence-electron chi connectivity index (χ3n) is 3.50. The fourth-order valence-corrected chi connectivity index (χ4v) is 2.39. The summed E-state index contributed by atoms with van der Waals surface area (Å²) in [7, 11) is 0. The van der Waals surface area contributed by atoms with Gasteiger partial charge in [-0.1, -0.05) is 12.1 Å². The van der Waals surface area contributed by atoms with Gasteiger partial charge in [-0.15, -0.1) is 0 Å². The second-order valence-electron chi connectivity index (χ2n) is 4.78. The van der Waals surface area contributed by atoms with Gasteiger partial charge in [0.15, 0.2) is 0 Å². The van der Waals surface area contributed by atoms with E-state index in [0.717, 1.165) is 37.6 Å². The van der Waals surface area contributed by atoms with E-state index in [1.54, 1.807) is 4.57 Å². The topological polar surface area (TPSA) is 47.4 Å². The Hall–Kier alpha value is -1.72. The van der Waals surface area contributed by atoms with E-state index in [1.807, 2.05) is 31.2 Å². The van der Waals surface area contributed by atoms with Gasteiger partial charge in [0.1, 0.15) is 5.82 Å². The molecule has 0 aliphatic carbocycles. The van der Waals surface area contributed by atoms with E-state index < -0.39 is 0 Å². The van der Waals surface area contributed by atoms with Crippen molar-refractivity contribution in [3.8, 4) is 0 Å². The van der Waals surface area contributed by atoms with Crippen LogP contribution in [0.1, 0.15) is 5.82 Å². The molecule has 1 aromatic heterocycles. The molecule has 0 radical (unpaired) electrons.